The lowest BCUT2D eigenvalue weighted by Gasteiger charge is -2.18. The van der Waals surface area contributed by atoms with Crippen LogP contribution in [0.3, 0.4) is 0 Å². The van der Waals surface area contributed by atoms with Gasteiger partial charge in [-0.3, -0.25) is 18.5 Å². The van der Waals surface area contributed by atoms with Gasteiger partial charge in [0, 0.05) is 19.3 Å². The molecule has 0 aliphatic rings. The standard InChI is InChI=1S/C20H23N3O5S2/c1-5-23-17-11-6-14(12-18(17)29-20(23)25)21-19(24)13(2)28-16-9-7-15(8-10-16)22(3)30(4,26)27/h6-13H,5H2,1-4H3,(H,21,24)/t13-/m0/s1. The minimum absolute atomic E-state index is 0.0300. The topological polar surface area (TPSA) is 97.7 Å². The average Bonchev–Trinajstić information content (AvgIpc) is 3.01. The van der Waals surface area contributed by atoms with Gasteiger partial charge in [0.25, 0.3) is 5.91 Å². The number of hydrogen-bond acceptors (Lipinski definition) is 6. The summed E-state index contributed by atoms with van der Waals surface area (Å²) in [6, 6.07) is 11.8. The molecule has 160 valence electrons. The zero-order chi connectivity index (χ0) is 22.1. The van der Waals surface area contributed by atoms with Crippen LogP contribution in [0.25, 0.3) is 10.2 Å². The van der Waals surface area contributed by atoms with Gasteiger partial charge in [-0.25, -0.2) is 8.42 Å². The number of aryl methyl sites for hydroxylation is 1. The molecule has 0 saturated carbocycles. The van der Waals surface area contributed by atoms with E-state index in [-0.39, 0.29) is 10.8 Å². The molecular formula is C20H23N3O5S2. The third-order valence-corrected chi connectivity index (χ3v) is 6.78. The van der Waals surface area contributed by atoms with Crippen LogP contribution in [-0.4, -0.2) is 38.3 Å². The molecule has 8 nitrogen and oxygen atoms in total. The van der Waals surface area contributed by atoms with Crippen molar-refractivity contribution < 1.29 is 17.9 Å². The molecule has 0 saturated heterocycles. The molecule has 1 amide bonds. The van der Waals surface area contributed by atoms with Gasteiger partial charge in [0.15, 0.2) is 6.10 Å². The van der Waals surface area contributed by atoms with Gasteiger partial charge >= 0.3 is 4.87 Å². The summed E-state index contributed by atoms with van der Waals surface area (Å²) in [7, 11) is -1.89. The summed E-state index contributed by atoms with van der Waals surface area (Å²) in [6.07, 6.45) is 0.343. The van der Waals surface area contributed by atoms with E-state index in [1.54, 1.807) is 47.9 Å². The predicted molar refractivity (Wildman–Crippen MR) is 120 cm³/mol. The predicted octanol–water partition coefficient (Wildman–Crippen LogP) is 2.88. The Morgan fingerprint density at radius 1 is 1.23 bits per heavy atom. The Morgan fingerprint density at radius 3 is 2.50 bits per heavy atom. The van der Waals surface area contributed by atoms with Crippen molar-refractivity contribution in [1.29, 1.82) is 0 Å². The Balaban J connectivity index is 1.67. The quantitative estimate of drug-likeness (QED) is 0.598. The van der Waals surface area contributed by atoms with Crippen LogP contribution in [0.5, 0.6) is 5.75 Å². The van der Waals surface area contributed by atoms with Crippen LogP contribution >= 0.6 is 11.3 Å². The van der Waals surface area contributed by atoms with Crippen molar-refractivity contribution in [2.45, 2.75) is 26.5 Å². The SMILES string of the molecule is CCn1c(=O)sc2cc(NC(=O)[C@H](C)Oc3ccc(N(C)S(C)(=O)=O)cc3)ccc21. The van der Waals surface area contributed by atoms with Gasteiger partial charge in [-0.15, -0.1) is 0 Å². The van der Waals surface area contributed by atoms with E-state index in [1.807, 2.05) is 13.0 Å². The summed E-state index contributed by atoms with van der Waals surface area (Å²) in [5.41, 5.74) is 1.92. The first kappa shape index (κ1) is 21.8. The van der Waals surface area contributed by atoms with Crippen molar-refractivity contribution in [3.63, 3.8) is 0 Å². The molecule has 0 unspecified atom stereocenters. The first-order chi connectivity index (χ1) is 14.1. The minimum atomic E-state index is -3.35. The summed E-state index contributed by atoms with van der Waals surface area (Å²) in [4.78, 5) is 24.4. The fourth-order valence-corrected chi connectivity index (χ4v) is 4.37. The van der Waals surface area contributed by atoms with Crippen LogP contribution in [0.15, 0.2) is 47.3 Å². The number of benzene rings is 2. The van der Waals surface area contributed by atoms with E-state index in [4.69, 9.17) is 4.74 Å². The number of ether oxygens (including phenoxy) is 1. The van der Waals surface area contributed by atoms with Gasteiger partial charge in [-0.2, -0.15) is 0 Å². The van der Waals surface area contributed by atoms with Gasteiger partial charge in [0.2, 0.25) is 10.0 Å². The molecule has 1 N–H and O–H groups in total. The third-order valence-electron chi connectivity index (χ3n) is 4.63. The smallest absolute Gasteiger partial charge is 0.308 e. The summed E-state index contributed by atoms with van der Waals surface area (Å²) in [5.74, 6) is 0.103. The lowest BCUT2D eigenvalue weighted by molar-refractivity contribution is -0.122. The van der Waals surface area contributed by atoms with Crippen LogP contribution in [-0.2, 0) is 21.4 Å². The second-order valence-corrected chi connectivity index (χ2v) is 9.78. The monoisotopic (exact) mass is 449 g/mol. The van der Waals surface area contributed by atoms with Crippen molar-refractivity contribution in [3.05, 3.63) is 52.1 Å². The van der Waals surface area contributed by atoms with Gasteiger partial charge in [-0.1, -0.05) is 11.3 Å². The van der Waals surface area contributed by atoms with Crippen molar-refractivity contribution >= 4 is 48.9 Å². The van der Waals surface area contributed by atoms with E-state index >= 15 is 0 Å². The van der Waals surface area contributed by atoms with Crippen LogP contribution in [0.2, 0.25) is 0 Å². The Hall–Kier alpha value is -2.85. The molecule has 1 atom stereocenters. The number of anilines is 2. The van der Waals surface area contributed by atoms with Crippen molar-refractivity contribution in [2.75, 3.05) is 22.9 Å². The normalized spacial score (nSPS) is 12.5. The first-order valence-electron chi connectivity index (χ1n) is 9.25. The molecule has 1 heterocycles. The van der Waals surface area contributed by atoms with E-state index in [2.05, 4.69) is 5.32 Å². The molecule has 3 rings (SSSR count). The zero-order valence-electron chi connectivity index (χ0n) is 17.1. The van der Waals surface area contributed by atoms with Crippen LogP contribution in [0.1, 0.15) is 13.8 Å². The van der Waals surface area contributed by atoms with Crippen LogP contribution in [0.4, 0.5) is 11.4 Å². The number of carbonyl (C=O) groups excluding carboxylic acids is 1. The molecular weight excluding hydrogens is 426 g/mol. The highest BCUT2D eigenvalue weighted by Crippen LogP contribution is 2.23. The largest absolute Gasteiger partial charge is 0.481 e. The van der Waals surface area contributed by atoms with Crippen LogP contribution in [0, 0.1) is 0 Å². The molecule has 3 aromatic rings. The summed E-state index contributed by atoms with van der Waals surface area (Å²) < 4.78 is 32.5. The number of aromatic nitrogens is 1. The Bertz CT molecular complexity index is 1230. The van der Waals surface area contributed by atoms with Gasteiger partial charge < -0.3 is 10.1 Å². The minimum Gasteiger partial charge on any atom is -0.481 e. The van der Waals surface area contributed by atoms with E-state index in [1.165, 1.54) is 7.05 Å². The molecule has 2 aromatic carbocycles. The molecule has 1 aromatic heterocycles. The van der Waals surface area contributed by atoms with E-state index in [0.29, 0.717) is 23.7 Å². The summed E-state index contributed by atoms with van der Waals surface area (Å²) in [5, 5.41) is 2.79. The Labute approximate surface area is 178 Å². The summed E-state index contributed by atoms with van der Waals surface area (Å²) in [6.45, 7) is 4.12. The molecule has 0 spiro atoms. The third kappa shape index (κ3) is 4.65. The first-order valence-corrected chi connectivity index (χ1v) is 11.9. The molecule has 0 fully saturated rings. The van der Waals surface area contributed by atoms with Crippen molar-refractivity contribution in [3.8, 4) is 5.75 Å². The van der Waals surface area contributed by atoms with Gasteiger partial charge in [0.05, 0.1) is 22.2 Å². The van der Waals surface area contributed by atoms with Crippen molar-refractivity contribution in [1.82, 2.24) is 4.57 Å². The Morgan fingerprint density at radius 2 is 1.90 bits per heavy atom. The number of nitrogens with one attached hydrogen (secondary N) is 1. The molecule has 0 radical (unpaired) electrons. The maximum atomic E-state index is 12.5. The second kappa shape index (κ2) is 8.49. The number of sulfonamides is 1. The Kier molecular flexibility index (Phi) is 6.18. The maximum absolute atomic E-state index is 12.5. The highest BCUT2D eigenvalue weighted by atomic mass is 32.2. The van der Waals surface area contributed by atoms with Gasteiger partial charge in [0.1, 0.15) is 5.75 Å². The number of hydrogen-bond donors (Lipinski definition) is 1. The van der Waals surface area contributed by atoms with E-state index < -0.39 is 16.1 Å². The molecule has 0 aliphatic heterocycles. The second-order valence-electron chi connectivity index (χ2n) is 6.77. The fourth-order valence-electron chi connectivity index (χ4n) is 2.87. The highest BCUT2D eigenvalue weighted by Gasteiger charge is 2.17. The number of nitrogens with zero attached hydrogens (tertiary/aromatic N) is 2. The number of amides is 1. The highest BCUT2D eigenvalue weighted by molar-refractivity contribution is 7.92. The molecule has 30 heavy (non-hydrogen) atoms. The lowest BCUT2D eigenvalue weighted by Crippen LogP contribution is -2.30. The average molecular weight is 450 g/mol. The van der Waals surface area contributed by atoms with E-state index in [9.17, 15) is 18.0 Å². The van der Waals surface area contributed by atoms with Gasteiger partial charge in [-0.05, 0) is 56.3 Å². The van der Waals surface area contributed by atoms with Crippen LogP contribution < -0.4 is 19.2 Å². The molecule has 10 heteroatoms. The molecule has 0 aliphatic carbocycles. The lowest BCUT2D eigenvalue weighted by atomic mass is 10.2. The molecule has 0 bridgehead atoms. The fraction of sp³-hybridized carbons (Fsp3) is 0.300. The van der Waals surface area contributed by atoms with Crippen molar-refractivity contribution in [2.24, 2.45) is 0 Å². The maximum Gasteiger partial charge on any atom is 0.308 e. The number of rotatable bonds is 7. The zero-order valence-corrected chi connectivity index (χ0v) is 18.7. The van der Waals surface area contributed by atoms with E-state index in [0.717, 1.165) is 32.1 Å². The number of thiazole rings is 1. The summed E-state index contributed by atoms with van der Waals surface area (Å²) >= 11 is 1.14. The number of carbonyl (C=O) groups is 1. The number of fused-ring (bicyclic) bond motifs is 1.